The van der Waals surface area contributed by atoms with Crippen molar-refractivity contribution in [2.45, 2.75) is 44.3 Å². The van der Waals surface area contributed by atoms with Gasteiger partial charge in [0.15, 0.2) is 0 Å². The Morgan fingerprint density at radius 1 is 1.20 bits per heavy atom. The van der Waals surface area contributed by atoms with E-state index in [0.717, 1.165) is 16.5 Å². The molecule has 0 aromatic heterocycles. The Bertz CT molecular complexity index is 430. The van der Waals surface area contributed by atoms with E-state index in [2.05, 4.69) is 15.9 Å². The largest absolute Gasteiger partial charge is 0.391 e. The Balaban J connectivity index is 1.95. The van der Waals surface area contributed by atoms with Gasteiger partial charge in [0, 0.05) is 10.5 Å². The van der Waals surface area contributed by atoms with E-state index in [4.69, 9.17) is 5.73 Å². The Hall–Kier alpha value is -0.550. The Kier molecular flexibility index (Phi) is 5.13. The molecule has 1 aromatic carbocycles. The van der Waals surface area contributed by atoms with Gasteiger partial charge in [-0.1, -0.05) is 34.5 Å². The second-order valence-electron chi connectivity index (χ2n) is 5.66. The number of alkyl halides is 3. The molecule has 0 aliphatic heterocycles. The molecule has 1 saturated carbocycles. The molecule has 20 heavy (non-hydrogen) atoms. The molecule has 0 heterocycles. The highest BCUT2D eigenvalue weighted by molar-refractivity contribution is 9.10. The van der Waals surface area contributed by atoms with Crippen LogP contribution >= 0.6 is 15.9 Å². The van der Waals surface area contributed by atoms with Crippen molar-refractivity contribution in [3.8, 4) is 0 Å². The minimum Gasteiger partial charge on any atom is -0.327 e. The molecule has 2 N–H and O–H groups in total. The highest BCUT2D eigenvalue weighted by atomic mass is 79.9. The smallest absolute Gasteiger partial charge is 0.327 e. The molecule has 0 spiro atoms. The standard InChI is InChI=1S/C15H19BrF3N/c16-13-6-4-10(5-7-13)8-14(20)11-2-1-3-12(9-11)15(17,18)19/h4-7,11-12,14H,1-3,8-9,20H2. The van der Waals surface area contributed by atoms with Crippen molar-refractivity contribution in [1.82, 2.24) is 0 Å². The maximum absolute atomic E-state index is 12.8. The van der Waals surface area contributed by atoms with Gasteiger partial charge in [0.25, 0.3) is 0 Å². The lowest BCUT2D eigenvalue weighted by atomic mass is 9.76. The van der Waals surface area contributed by atoms with Gasteiger partial charge in [-0.15, -0.1) is 0 Å². The zero-order chi connectivity index (χ0) is 14.8. The van der Waals surface area contributed by atoms with Gasteiger partial charge >= 0.3 is 6.18 Å². The minimum atomic E-state index is -4.07. The van der Waals surface area contributed by atoms with Crippen LogP contribution in [-0.2, 0) is 6.42 Å². The summed E-state index contributed by atoms with van der Waals surface area (Å²) in [6, 6.07) is 7.60. The summed E-state index contributed by atoms with van der Waals surface area (Å²) < 4.78 is 39.4. The molecule has 1 fully saturated rings. The number of halogens is 4. The van der Waals surface area contributed by atoms with E-state index < -0.39 is 12.1 Å². The van der Waals surface area contributed by atoms with E-state index in [9.17, 15) is 13.2 Å². The van der Waals surface area contributed by atoms with Crippen molar-refractivity contribution in [2.24, 2.45) is 17.6 Å². The van der Waals surface area contributed by atoms with Crippen molar-refractivity contribution in [3.63, 3.8) is 0 Å². The SMILES string of the molecule is NC(Cc1ccc(Br)cc1)C1CCCC(C(F)(F)F)C1. The average Bonchev–Trinajstić information content (AvgIpc) is 2.40. The molecule has 0 saturated heterocycles. The molecular weight excluding hydrogens is 331 g/mol. The highest BCUT2D eigenvalue weighted by Crippen LogP contribution is 2.41. The monoisotopic (exact) mass is 349 g/mol. The Morgan fingerprint density at radius 3 is 2.45 bits per heavy atom. The Labute approximate surface area is 125 Å². The number of rotatable bonds is 3. The number of benzene rings is 1. The summed E-state index contributed by atoms with van der Waals surface area (Å²) in [7, 11) is 0. The molecule has 1 aromatic rings. The summed E-state index contributed by atoms with van der Waals surface area (Å²) in [6.07, 6.45) is -1.56. The van der Waals surface area contributed by atoms with E-state index in [0.29, 0.717) is 12.8 Å². The van der Waals surface area contributed by atoms with Gasteiger partial charge in [-0.25, -0.2) is 0 Å². The first kappa shape index (κ1) is 15.8. The molecule has 0 radical (unpaired) electrons. The third kappa shape index (κ3) is 4.22. The first-order valence-corrected chi connectivity index (χ1v) is 7.72. The van der Waals surface area contributed by atoms with Gasteiger partial charge < -0.3 is 5.73 Å². The predicted octanol–water partition coefficient (Wildman–Crippen LogP) is 4.69. The average molecular weight is 350 g/mol. The first-order chi connectivity index (χ1) is 9.36. The third-order valence-electron chi connectivity index (χ3n) is 4.17. The quantitative estimate of drug-likeness (QED) is 0.841. The van der Waals surface area contributed by atoms with Crippen molar-refractivity contribution in [2.75, 3.05) is 0 Å². The van der Waals surface area contributed by atoms with Crippen LogP contribution < -0.4 is 5.73 Å². The fourth-order valence-electron chi connectivity index (χ4n) is 2.97. The predicted molar refractivity (Wildman–Crippen MR) is 77.3 cm³/mol. The van der Waals surface area contributed by atoms with Crippen LogP contribution in [0.15, 0.2) is 28.7 Å². The molecule has 1 nitrogen and oxygen atoms in total. The fourth-order valence-corrected chi connectivity index (χ4v) is 3.24. The lowest BCUT2D eigenvalue weighted by Gasteiger charge is -2.33. The van der Waals surface area contributed by atoms with E-state index in [1.807, 2.05) is 24.3 Å². The van der Waals surface area contributed by atoms with Crippen LogP contribution in [0.2, 0.25) is 0 Å². The van der Waals surface area contributed by atoms with Crippen molar-refractivity contribution >= 4 is 15.9 Å². The van der Waals surface area contributed by atoms with Crippen molar-refractivity contribution in [3.05, 3.63) is 34.3 Å². The van der Waals surface area contributed by atoms with Gasteiger partial charge in [0.05, 0.1) is 5.92 Å². The molecule has 3 atom stereocenters. The summed E-state index contributed by atoms with van der Waals surface area (Å²) in [5, 5.41) is 0. The van der Waals surface area contributed by atoms with Crippen LogP contribution in [0.25, 0.3) is 0 Å². The maximum Gasteiger partial charge on any atom is 0.391 e. The van der Waals surface area contributed by atoms with Gasteiger partial charge in [-0.2, -0.15) is 13.2 Å². The number of hydrogen-bond donors (Lipinski definition) is 1. The van der Waals surface area contributed by atoms with E-state index in [-0.39, 0.29) is 24.8 Å². The maximum atomic E-state index is 12.8. The van der Waals surface area contributed by atoms with Crippen LogP contribution in [0.1, 0.15) is 31.2 Å². The summed E-state index contributed by atoms with van der Waals surface area (Å²) in [6.45, 7) is 0. The van der Waals surface area contributed by atoms with Crippen LogP contribution in [0.5, 0.6) is 0 Å². The normalized spacial score (nSPS) is 25.4. The minimum absolute atomic E-state index is 0.0287. The molecule has 2 rings (SSSR count). The van der Waals surface area contributed by atoms with Crippen molar-refractivity contribution in [1.29, 1.82) is 0 Å². The van der Waals surface area contributed by atoms with Gasteiger partial charge in [-0.3, -0.25) is 0 Å². The fraction of sp³-hybridized carbons (Fsp3) is 0.600. The number of hydrogen-bond acceptors (Lipinski definition) is 1. The zero-order valence-corrected chi connectivity index (χ0v) is 12.8. The molecule has 5 heteroatoms. The molecular formula is C15H19BrF3N. The molecule has 1 aliphatic carbocycles. The summed E-state index contributed by atoms with van der Waals surface area (Å²) in [5.74, 6) is -1.20. The second-order valence-corrected chi connectivity index (χ2v) is 6.58. The van der Waals surface area contributed by atoms with Crippen LogP contribution in [0.3, 0.4) is 0 Å². The van der Waals surface area contributed by atoms with Gasteiger partial charge in [0.1, 0.15) is 0 Å². The topological polar surface area (TPSA) is 26.0 Å². The second kappa shape index (κ2) is 6.48. The summed E-state index contributed by atoms with van der Waals surface area (Å²) in [4.78, 5) is 0. The van der Waals surface area contributed by atoms with Gasteiger partial charge in [0.2, 0.25) is 0 Å². The number of nitrogens with two attached hydrogens (primary N) is 1. The van der Waals surface area contributed by atoms with E-state index in [1.165, 1.54) is 0 Å². The van der Waals surface area contributed by atoms with Crippen LogP contribution in [0, 0.1) is 11.8 Å². The first-order valence-electron chi connectivity index (χ1n) is 6.93. The van der Waals surface area contributed by atoms with E-state index in [1.54, 1.807) is 0 Å². The van der Waals surface area contributed by atoms with E-state index >= 15 is 0 Å². The lowest BCUT2D eigenvalue weighted by molar-refractivity contribution is -0.186. The van der Waals surface area contributed by atoms with Crippen molar-refractivity contribution < 1.29 is 13.2 Å². The molecule has 112 valence electrons. The molecule has 3 unspecified atom stereocenters. The van der Waals surface area contributed by atoms with Gasteiger partial charge in [-0.05, 0) is 49.3 Å². The molecule has 1 aliphatic rings. The molecule has 0 amide bonds. The van der Waals surface area contributed by atoms with Crippen LogP contribution in [0.4, 0.5) is 13.2 Å². The summed E-state index contributed by atoms with van der Waals surface area (Å²) >= 11 is 3.36. The molecule has 0 bridgehead atoms. The summed E-state index contributed by atoms with van der Waals surface area (Å²) in [5.41, 5.74) is 7.22. The highest BCUT2D eigenvalue weighted by Gasteiger charge is 2.43. The Morgan fingerprint density at radius 2 is 1.85 bits per heavy atom. The van der Waals surface area contributed by atoms with Crippen LogP contribution in [-0.4, -0.2) is 12.2 Å². The zero-order valence-electron chi connectivity index (χ0n) is 11.2. The lowest BCUT2D eigenvalue weighted by Crippen LogP contribution is -2.38. The third-order valence-corrected chi connectivity index (χ3v) is 4.70.